The van der Waals surface area contributed by atoms with Crippen molar-refractivity contribution in [2.24, 2.45) is 0 Å². The van der Waals surface area contributed by atoms with Crippen LogP contribution in [0.4, 0.5) is 0 Å². The van der Waals surface area contributed by atoms with Crippen LogP contribution in [0.2, 0.25) is 0 Å². The zero-order chi connectivity index (χ0) is 16.7. The average molecular weight is 322 g/mol. The first-order valence-corrected chi connectivity index (χ1v) is 7.58. The van der Waals surface area contributed by atoms with Crippen molar-refractivity contribution in [1.29, 1.82) is 0 Å². The molecule has 0 radical (unpaired) electrons. The van der Waals surface area contributed by atoms with E-state index in [0.717, 1.165) is 0 Å². The minimum atomic E-state index is -0.531. The predicted molar refractivity (Wildman–Crippen MR) is 90.1 cm³/mol. The molecule has 0 aliphatic carbocycles. The minimum Gasteiger partial charge on any atom is -0.464 e. The Morgan fingerprint density at radius 3 is 2.75 bits per heavy atom. The second-order valence-electron chi connectivity index (χ2n) is 5.32. The SMILES string of the molecule is CCOC(=O)c1[nH]c2[nH]c3ccccc3c(=O)c2c1-c1ccco1. The number of fused-ring (bicyclic) bond motifs is 2. The van der Waals surface area contributed by atoms with Gasteiger partial charge >= 0.3 is 5.97 Å². The van der Waals surface area contributed by atoms with E-state index in [1.165, 1.54) is 6.26 Å². The van der Waals surface area contributed by atoms with Gasteiger partial charge in [-0.2, -0.15) is 0 Å². The lowest BCUT2D eigenvalue weighted by Crippen LogP contribution is -2.07. The monoisotopic (exact) mass is 322 g/mol. The summed E-state index contributed by atoms with van der Waals surface area (Å²) < 4.78 is 10.5. The number of aromatic nitrogens is 2. The van der Waals surface area contributed by atoms with Gasteiger partial charge in [-0.15, -0.1) is 0 Å². The highest BCUT2D eigenvalue weighted by atomic mass is 16.5. The van der Waals surface area contributed by atoms with E-state index >= 15 is 0 Å². The summed E-state index contributed by atoms with van der Waals surface area (Å²) in [5.74, 6) is -0.0953. The van der Waals surface area contributed by atoms with Gasteiger partial charge in [0.1, 0.15) is 17.1 Å². The molecule has 4 rings (SSSR count). The number of ether oxygens (including phenoxy) is 1. The van der Waals surface area contributed by atoms with Crippen LogP contribution in [0.1, 0.15) is 17.4 Å². The van der Waals surface area contributed by atoms with Gasteiger partial charge in [0, 0.05) is 5.39 Å². The molecular formula is C18H14N2O4. The van der Waals surface area contributed by atoms with Gasteiger partial charge in [-0.1, -0.05) is 12.1 Å². The number of furan rings is 1. The molecule has 0 bridgehead atoms. The molecule has 0 fully saturated rings. The van der Waals surface area contributed by atoms with E-state index in [2.05, 4.69) is 9.97 Å². The molecule has 6 heteroatoms. The van der Waals surface area contributed by atoms with E-state index in [9.17, 15) is 9.59 Å². The molecule has 6 nitrogen and oxygen atoms in total. The third-order valence-corrected chi connectivity index (χ3v) is 3.91. The van der Waals surface area contributed by atoms with Crippen LogP contribution in [0.25, 0.3) is 33.3 Å². The van der Waals surface area contributed by atoms with Crippen molar-refractivity contribution in [3.8, 4) is 11.3 Å². The van der Waals surface area contributed by atoms with Gasteiger partial charge in [-0.3, -0.25) is 4.79 Å². The summed E-state index contributed by atoms with van der Waals surface area (Å²) in [5, 5.41) is 0.930. The number of carbonyl (C=O) groups is 1. The van der Waals surface area contributed by atoms with Gasteiger partial charge in [0.15, 0.2) is 5.43 Å². The normalized spacial score (nSPS) is 11.2. The molecule has 0 saturated carbocycles. The summed E-state index contributed by atoms with van der Waals surface area (Å²) in [6.07, 6.45) is 1.50. The van der Waals surface area contributed by atoms with Crippen molar-refractivity contribution >= 4 is 27.9 Å². The van der Waals surface area contributed by atoms with Crippen LogP contribution in [-0.2, 0) is 4.74 Å². The molecule has 2 N–H and O–H groups in total. The lowest BCUT2D eigenvalue weighted by atomic mass is 10.1. The van der Waals surface area contributed by atoms with Crippen LogP contribution >= 0.6 is 0 Å². The first-order valence-electron chi connectivity index (χ1n) is 7.58. The standard InChI is InChI=1S/C18H14N2O4/c1-2-23-18(22)15-13(12-8-5-9-24-12)14-16(21)10-6-3-4-7-11(10)19-17(14)20-15/h3-9H,2H2,1H3,(H2,19,20,21). The quantitative estimate of drug-likeness (QED) is 0.565. The van der Waals surface area contributed by atoms with E-state index in [4.69, 9.17) is 9.15 Å². The summed E-state index contributed by atoms with van der Waals surface area (Å²) in [4.78, 5) is 31.4. The molecular weight excluding hydrogens is 308 g/mol. The average Bonchev–Trinajstić information content (AvgIpc) is 3.22. The summed E-state index contributed by atoms with van der Waals surface area (Å²) in [7, 11) is 0. The Kier molecular flexibility index (Phi) is 3.23. The Bertz CT molecular complexity index is 1100. The summed E-state index contributed by atoms with van der Waals surface area (Å²) in [6.45, 7) is 1.97. The fourth-order valence-electron chi connectivity index (χ4n) is 2.90. The van der Waals surface area contributed by atoms with Crippen molar-refractivity contribution in [3.63, 3.8) is 0 Å². The summed E-state index contributed by atoms with van der Waals surface area (Å²) >= 11 is 0. The third-order valence-electron chi connectivity index (χ3n) is 3.91. The Labute approximate surface area is 136 Å². The molecule has 4 aromatic rings. The molecule has 0 aliphatic rings. The van der Waals surface area contributed by atoms with Gasteiger partial charge in [-0.05, 0) is 31.2 Å². The third kappa shape index (κ3) is 2.04. The number of H-pyrrole nitrogens is 2. The van der Waals surface area contributed by atoms with Gasteiger partial charge in [0.25, 0.3) is 0 Å². The lowest BCUT2D eigenvalue weighted by molar-refractivity contribution is 0.0521. The van der Waals surface area contributed by atoms with E-state index in [1.807, 2.05) is 12.1 Å². The van der Waals surface area contributed by atoms with Crippen molar-refractivity contribution in [3.05, 3.63) is 58.6 Å². The molecule has 120 valence electrons. The number of benzene rings is 1. The first-order chi connectivity index (χ1) is 11.7. The van der Waals surface area contributed by atoms with Crippen LogP contribution in [-0.4, -0.2) is 22.5 Å². The molecule has 0 atom stereocenters. The molecule has 1 aromatic carbocycles. The zero-order valence-corrected chi connectivity index (χ0v) is 12.9. The number of aromatic amines is 2. The number of pyridine rings is 1. The first kappa shape index (κ1) is 14.3. The molecule has 0 unspecified atom stereocenters. The maximum Gasteiger partial charge on any atom is 0.355 e. The topological polar surface area (TPSA) is 88.1 Å². The Morgan fingerprint density at radius 2 is 2.00 bits per heavy atom. The van der Waals surface area contributed by atoms with Crippen LogP contribution in [0.5, 0.6) is 0 Å². The smallest absolute Gasteiger partial charge is 0.355 e. The highest BCUT2D eigenvalue weighted by Gasteiger charge is 2.24. The molecule has 3 aromatic heterocycles. The predicted octanol–water partition coefficient (Wildman–Crippen LogP) is 3.45. The van der Waals surface area contributed by atoms with Crippen LogP contribution in [0, 0.1) is 0 Å². The molecule has 24 heavy (non-hydrogen) atoms. The van der Waals surface area contributed by atoms with E-state index < -0.39 is 5.97 Å². The molecule has 3 heterocycles. The van der Waals surface area contributed by atoms with Crippen LogP contribution in [0.3, 0.4) is 0 Å². The van der Waals surface area contributed by atoms with Crippen molar-refractivity contribution in [2.45, 2.75) is 6.92 Å². The molecule has 0 saturated heterocycles. The Morgan fingerprint density at radius 1 is 1.17 bits per heavy atom. The maximum atomic E-state index is 13.0. The van der Waals surface area contributed by atoms with Crippen molar-refractivity contribution in [2.75, 3.05) is 6.61 Å². The highest BCUT2D eigenvalue weighted by molar-refractivity contribution is 6.08. The second kappa shape index (κ2) is 5.42. The number of nitrogens with one attached hydrogen (secondary N) is 2. The van der Waals surface area contributed by atoms with Crippen molar-refractivity contribution < 1.29 is 13.9 Å². The maximum absolute atomic E-state index is 13.0. The fourth-order valence-corrected chi connectivity index (χ4v) is 2.90. The van der Waals surface area contributed by atoms with E-state index in [0.29, 0.717) is 33.3 Å². The van der Waals surface area contributed by atoms with Crippen LogP contribution in [0.15, 0.2) is 51.9 Å². The van der Waals surface area contributed by atoms with E-state index in [-0.39, 0.29) is 17.7 Å². The summed E-state index contributed by atoms with van der Waals surface area (Å²) in [5.41, 5.74) is 1.61. The fraction of sp³-hybridized carbons (Fsp3) is 0.111. The Balaban J connectivity index is 2.14. The van der Waals surface area contributed by atoms with Crippen molar-refractivity contribution in [1.82, 2.24) is 9.97 Å². The zero-order valence-electron chi connectivity index (χ0n) is 12.9. The number of carbonyl (C=O) groups excluding carboxylic acids is 1. The minimum absolute atomic E-state index is 0.169. The van der Waals surface area contributed by atoms with E-state index in [1.54, 1.807) is 31.2 Å². The number of hydrogen-bond donors (Lipinski definition) is 2. The lowest BCUT2D eigenvalue weighted by Gasteiger charge is -2.02. The largest absolute Gasteiger partial charge is 0.464 e. The number of rotatable bonds is 3. The van der Waals surface area contributed by atoms with Gasteiger partial charge in [-0.25, -0.2) is 4.79 Å². The molecule has 0 spiro atoms. The second-order valence-corrected chi connectivity index (χ2v) is 5.32. The highest BCUT2D eigenvalue weighted by Crippen LogP contribution is 2.31. The molecule has 0 amide bonds. The molecule has 0 aliphatic heterocycles. The van der Waals surface area contributed by atoms with Gasteiger partial charge in [0.2, 0.25) is 0 Å². The van der Waals surface area contributed by atoms with Gasteiger partial charge < -0.3 is 19.1 Å². The number of para-hydroxylation sites is 1. The summed E-state index contributed by atoms with van der Waals surface area (Å²) in [6, 6.07) is 10.6. The van der Waals surface area contributed by atoms with Crippen LogP contribution < -0.4 is 5.43 Å². The van der Waals surface area contributed by atoms with Gasteiger partial charge in [0.05, 0.1) is 29.3 Å². The number of hydrogen-bond acceptors (Lipinski definition) is 4. The Hall–Kier alpha value is -3.28. The number of esters is 1.